The number of likely N-dealkylation sites (N-methyl/N-ethyl adjacent to an activating group) is 1. The molecule has 2 aromatic rings. The van der Waals surface area contributed by atoms with Crippen molar-refractivity contribution in [2.24, 2.45) is 4.99 Å². The van der Waals surface area contributed by atoms with Gasteiger partial charge in [0.1, 0.15) is 6.20 Å². The van der Waals surface area contributed by atoms with E-state index in [2.05, 4.69) is 4.99 Å². The summed E-state index contributed by atoms with van der Waals surface area (Å²) in [6.45, 7) is 8.32. The Balaban J connectivity index is 1.73. The zero-order chi connectivity index (χ0) is 19.5. The smallest absolute Gasteiger partial charge is 0.389 e. The Morgan fingerprint density at radius 2 is 1.93 bits per heavy atom. The predicted octanol–water partition coefficient (Wildman–Crippen LogP) is 2.85. The average molecular weight is 367 g/mol. The molecule has 4 rings (SSSR count). The van der Waals surface area contributed by atoms with E-state index >= 15 is 0 Å². The largest absolute Gasteiger partial charge is 0.506 e. The third-order valence-corrected chi connectivity index (χ3v) is 5.10. The molecule has 0 N–H and O–H groups in total. The van der Waals surface area contributed by atoms with E-state index in [-0.39, 0.29) is 23.9 Å². The van der Waals surface area contributed by atoms with E-state index in [0.29, 0.717) is 11.9 Å². The van der Waals surface area contributed by atoms with Crippen LogP contribution in [0, 0.1) is 6.92 Å². The van der Waals surface area contributed by atoms with E-state index in [1.54, 1.807) is 11.6 Å². The number of amidine groups is 1. The van der Waals surface area contributed by atoms with Crippen LogP contribution in [0.5, 0.6) is 0 Å². The number of oxazole rings is 1. The first kappa shape index (κ1) is 17.5. The Labute approximate surface area is 157 Å². The Hall–Kier alpha value is -2.96. The number of imide groups is 1. The summed E-state index contributed by atoms with van der Waals surface area (Å²) in [4.78, 5) is 33.2. The van der Waals surface area contributed by atoms with Gasteiger partial charge < -0.3 is 4.42 Å². The van der Waals surface area contributed by atoms with E-state index in [4.69, 9.17) is 4.42 Å². The lowest BCUT2D eigenvalue weighted by atomic mass is 9.94. The molecule has 0 spiro atoms. The second kappa shape index (κ2) is 5.77. The van der Waals surface area contributed by atoms with E-state index < -0.39 is 6.04 Å². The van der Waals surface area contributed by atoms with Gasteiger partial charge in [-0.1, -0.05) is 45.0 Å². The van der Waals surface area contributed by atoms with Gasteiger partial charge in [-0.2, -0.15) is 4.57 Å². The van der Waals surface area contributed by atoms with Crippen LogP contribution in [-0.2, 0) is 16.8 Å². The van der Waals surface area contributed by atoms with Gasteiger partial charge in [0.05, 0.1) is 6.54 Å². The fourth-order valence-corrected chi connectivity index (χ4v) is 3.37. The third-order valence-electron chi connectivity index (χ3n) is 5.10. The van der Waals surface area contributed by atoms with Crippen LogP contribution in [0.2, 0.25) is 0 Å². The van der Waals surface area contributed by atoms with Crippen molar-refractivity contribution in [3.63, 3.8) is 0 Å². The maximum Gasteiger partial charge on any atom is 0.506 e. The highest BCUT2D eigenvalue weighted by Crippen LogP contribution is 2.33. The molecular formula is C20H23N4O3+. The number of urea groups is 1. The molecule has 1 saturated heterocycles. The summed E-state index contributed by atoms with van der Waals surface area (Å²) in [5.41, 5.74) is 1.78. The van der Waals surface area contributed by atoms with Gasteiger partial charge in [-0.15, -0.1) is 0 Å². The first-order valence-electron chi connectivity index (χ1n) is 8.96. The normalized spacial score (nSPS) is 19.3. The molecule has 2 aliphatic heterocycles. The number of aromatic nitrogens is 1. The lowest BCUT2D eigenvalue weighted by molar-refractivity contribution is -0.679. The van der Waals surface area contributed by atoms with Gasteiger partial charge in [0.15, 0.2) is 5.76 Å². The predicted molar refractivity (Wildman–Crippen MR) is 98.6 cm³/mol. The first-order valence-corrected chi connectivity index (χ1v) is 8.96. The Bertz CT molecular complexity index is 983. The van der Waals surface area contributed by atoms with E-state index in [0.717, 1.165) is 16.9 Å². The SMILES string of the molecule is Cc1ccccc1CN1C(=O)C2C(=Nc3oc(C(C)(C)C)c[n+]32)N(C)C1=O. The van der Waals surface area contributed by atoms with E-state index in [1.807, 2.05) is 58.2 Å². The number of aliphatic imine (C=N–C) groups is 1. The molecule has 2 aliphatic rings. The molecular weight excluding hydrogens is 344 g/mol. The molecule has 1 atom stereocenters. The molecule has 3 heterocycles. The summed E-state index contributed by atoms with van der Waals surface area (Å²) in [5.74, 6) is 0.869. The average Bonchev–Trinajstić information content (AvgIpc) is 3.16. The molecule has 7 heteroatoms. The van der Waals surface area contributed by atoms with Crippen molar-refractivity contribution in [1.82, 2.24) is 9.80 Å². The summed E-state index contributed by atoms with van der Waals surface area (Å²) in [6, 6.07) is 7.05. The van der Waals surface area contributed by atoms with Crippen molar-refractivity contribution in [3.05, 3.63) is 47.3 Å². The molecule has 1 fully saturated rings. The highest BCUT2D eigenvalue weighted by molar-refractivity contribution is 6.18. The van der Waals surface area contributed by atoms with E-state index in [1.165, 1.54) is 9.80 Å². The lowest BCUT2D eigenvalue weighted by Gasteiger charge is -2.32. The highest BCUT2D eigenvalue weighted by Gasteiger charge is 2.55. The molecule has 27 heavy (non-hydrogen) atoms. The van der Waals surface area contributed by atoms with Crippen molar-refractivity contribution in [2.45, 2.75) is 45.7 Å². The fourth-order valence-electron chi connectivity index (χ4n) is 3.37. The van der Waals surface area contributed by atoms with Crippen LogP contribution in [0.25, 0.3) is 0 Å². The topological polar surface area (TPSA) is 70.0 Å². The number of benzene rings is 1. The van der Waals surface area contributed by atoms with Crippen molar-refractivity contribution < 1.29 is 18.6 Å². The van der Waals surface area contributed by atoms with Crippen LogP contribution < -0.4 is 4.57 Å². The zero-order valence-corrected chi connectivity index (χ0v) is 16.2. The van der Waals surface area contributed by atoms with Crippen molar-refractivity contribution in [2.75, 3.05) is 7.05 Å². The summed E-state index contributed by atoms with van der Waals surface area (Å²) < 4.78 is 7.58. The van der Waals surface area contributed by atoms with Crippen molar-refractivity contribution >= 4 is 23.8 Å². The summed E-state index contributed by atoms with van der Waals surface area (Å²) in [7, 11) is 1.64. The number of hydrogen-bond acceptors (Lipinski definition) is 4. The van der Waals surface area contributed by atoms with Crippen LogP contribution in [0.15, 0.2) is 39.9 Å². The molecule has 3 amide bonds. The van der Waals surface area contributed by atoms with Crippen LogP contribution in [-0.4, -0.2) is 34.6 Å². The Morgan fingerprint density at radius 1 is 1.22 bits per heavy atom. The number of rotatable bonds is 2. The maximum atomic E-state index is 13.2. The number of carbonyl (C=O) groups excluding carboxylic acids is 2. The second-order valence-corrected chi connectivity index (χ2v) is 8.10. The maximum absolute atomic E-state index is 13.2. The lowest BCUT2D eigenvalue weighted by Crippen LogP contribution is -2.62. The monoisotopic (exact) mass is 367 g/mol. The van der Waals surface area contributed by atoms with Crippen molar-refractivity contribution in [1.29, 1.82) is 0 Å². The fraction of sp³-hybridized carbons (Fsp3) is 0.400. The van der Waals surface area contributed by atoms with Gasteiger partial charge in [-0.25, -0.2) is 4.79 Å². The number of amides is 3. The first-order chi connectivity index (χ1) is 12.7. The minimum absolute atomic E-state index is 0.201. The molecule has 0 radical (unpaired) electrons. The summed E-state index contributed by atoms with van der Waals surface area (Å²) in [6.07, 6.45) is 1.82. The van der Waals surface area contributed by atoms with Crippen LogP contribution in [0.4, 0.5) is 10.8 Å². The molecule has 0 aliphatic carbocycles. The molecule has 1 aromatic heterocycles. The molecule has 0 saturated carbocycles. The quantitative estimate of drug-likeness (QED) is 0.767. The third kappa shape index (κ3) is 2.65. The molecule has 1 aromatic carbocycles. The second-order valence-electron chi connectivity index (χ2n) is 8.10. The van der Waals surface area contributed by atoms with Crippen LogP contribution in [0.3, 0.4) is 0 Å². The highest BCUT2D eigenvalue weighted by atomic mass is 16.4. The van der Waals surface area contributed by atoms with Crippen LogP contribution >= 0.6 is 0 Å². The number of nitrogens with zero attached hydrogens (tertiary/aromatic N) is 4. The summed E-state index contributed by atoms with van der Waals surface area (Å²) in [5, 5.41) is 0. The van der Waals surface area contributed by atoms with Crippen LogP contribution in [0.1, 0.15) is 43.7 Å². The number of fused-ring (bicyclic) bond motifs is 3. The number of hydrogen-bond donors (Lipinski definition) is 0. The summed E-state index contributed by atoms with van der Waals surface area (Å²) >= 11 is 0. The molecule has 7 nitrogen and oxygen atoms in total. The zero-order valence-electron chi connectivity index (χ0n) is 16.2. The molecule has 140 valence electrons. The van der Waals surface area contributed by atoms with Crippen molar-refractivity contribution in [3.8, 4) is 0 Å². The Morgan fingerprint density at radius 3 is 2.59 bits per heavy atom. The Kier molecular flexibility index (Phi) is 3.73. The minimum atomic E-state index is -0.674. The van der Waals surface area contributed by atoms with E-state index in [9.17, 15) is 9.59 Å². The van der Waals surface area contributed by atoms with Gasteiger partial charge in [0, 0.05) is 17.5 Å². The molecule has 1 unspecified atom stereocenters. The minimum Gasteiger partial charge on any atom is -0.389 e. The van der Waals surface area contributed by atoms with Gasteiger partial charge >= 0.3 is 12.0 Å². The number of aryl methyl sites for hydroxylation is 1. The van der Waals surface area contributed by atoms with Gasteiger partial charge in [0.25, 0.3) is 17.8 Å². The number of carbonyl (C=O) groups is 2. The van der Waals surface area contributed by atoms with Gasteiger partial charge in [-0.05, 0) is 18.1 Å². The molecule has 0 bridgehead atoms. The standard InChI is InChI=1S/C20H23N4O3/c1-12-8-6-7-9-13(12)10-24-17(25)15-16(22(5)19(24)26)21-18-23(15)11-14(27-18)20(2,3)4/h6-9,11,15H,10H2,1-5H3/q+1. The van der Waals surface area contributed by atoms with Gasteiger partial charge in [0.2, 0.25) is 0 Å². The van der Waals surface area contributed by atoms with Gasteiger partial charge in [-0.3, -0.25) is 14.6 Å².